The summed E-state index contributed by atoms with van der Waals surface area (Å²) in [4.78, 5) is 14.5. The van der Waals surface area contributed by atoms with Gasteiger partial charge >= 0.3 is 5.97 Å². The molecule has 0 fully saturated rings. The highest BCUT2D eigenvalue weighted by Gasteiger charge is 2.14. The van der Waals surface area contributed by atoms with Gasteiger partial charge in [0.1, 0.15) is 6.10 Å². The Labute approximate surface area is 247 Å². The fourth-order valence-electron chi connectivity index (χ4n) is 4.66. The molecular formula is C35H63NO4. The second-order valence-corrected chi connectivity index (χ2v) is 11.1. The molecule has 0 saturated heterocycles. The first-order valence-corrected chi connectivity index (χ1v) is 16.3. The first-order valence-electron chi connectivity index (χ1n) is 16.3. The highest BCUT2D eigenvalue weighted by Crippen LogP contribution is 2.18. The fourth-order valence-corrected chi connectivity index (χ4v) is 4.66. The summed E-state index contributed by atoms with van der Waals surface area (Å²) >= 11 is 0. The number of ether oxygens (including phenoxy) is 1. The minimum atomic E-state index is -0.0216. The zero-order chi connectivity index (χ0) is 29.4. The number of aliphatic hydroxyl groups is 2. The minimum Gasteiger partial charge on any atom is -0.462 e. The van der Waals surface area contributed by atoms with Gasteiger partial charge in [0.15, 0.2) is 0 Å². The first kappa shape index (κ1) is 38.3. The van der Waals surface area contributed by atoms with Crippen LogP contribution in [0.3, 0.4) is 0 Å². The summed E-state index contributed by atoms with van der Waals surface area (Å²) in [6.45, 7) is 1.17. The van der Waals surface area contributed by atoms with E-state index in [1.54, 1.807) is 12.2 Å². The molecule has 0 aromatic heterocycles. The van der Waals surface area contributed by atoms with Crippen molar-refractivity contribution in [3.63, 3.8) is 0 Å². The normalized spacial score (nSPS) is 12.4. The van der Waals surface area contributed by atoms with Gasteiger partial charge in [-0.05, 0) is 91.3 Å². The maximum atomic E-state index is 12.4. The van der Waals surface area contributed by atoms with Gasteiger partial charge in [0.25, 0.3) is 0 Å². The Morgan fingerprint density at radius 3 is 1.48 bits per heavy atom. The Balaban J connectivity index is 4.05. The highest BCUT2D eigenvalue weighted by molar-refractivity contribution is 5.69. The second kappa shape index (κ2) is 31.8. The summed E-state index contributed by atoms with van der Waals surface area (Å²) in [5, 5.41) is 17.4. The molecule has 0 rings (SSSR count). The lowest BCUT2D eigenvalue weighted by molar-refractivity contribution is -0.150. The first-order chi connectivity index (χ1) is 19.6. The molecule has 0 aliphatic rings. The van der Waals surface area contributed by atoms with Crippen LogP contribution in [0.2, 0.25) is 0 Å². The van der Waals surface area contributed by atoms with Crippen molar-refractivity contribution in [2.24, 2.45) is 0 Å². The molecule has 5 nitrogen and oxygen atoms in total. The van der Waals surface area contributed by atoms with Gasteiger partial charge in [-0.15, -0.1) is 0 Å². The molecule has 0 bridgehead atoms. The third kappa shape index (κ3) is 30.8. The van der Waals surface area contributed by atoms with Crippen LogP contribution in [0.15, 0.2) is 48.6 Å². The van der Waals surface area contributed by atoms with Crippen molar-refractivity contribution >= 4 is 5.97 Å². The standard InChI is InChI=1S/C35H63NO4/c1-36(2)31-27-30-35(39)40-34(28-23-19-15-11-7-3-5-9-13-17-21-25-32-37)29-24-20-16-12-8-4-6-10-14-18-22-26-33-38/h9-10,13-14,21-22,25-26,34,37-38H,3-8,11-12,15-20,23-24,27-33H2,1-2H3/b13-9-,14-10-,25-21-,26-22-. The number of nitrogens with zero attached hydrogens (tertiary/aromatic N) is 1. The van der Waals surface area contributed by atoms with Gasteiger partial charge in [-0.25, -0.2) is 0 Å². The Morgan fingerprint density at radius 2 is 1.02 bits per heavy atom. The van der Waals surface area contributed by atoms with Crippen LogP contribution < -0.4 is 0 Å². The van der Waals surface area contributed by atoms with E-state index in [1.165, 1.54) is 64.2 Å². The van der Waals surface area contributed by atoms with Crippen LogP contribution in [0.25, 0.3) is 0 Å². The molecule has 0 atom stereocenters. The third-order valence-corrected chi connectivity index (χ3v) is 7.00. The number of esters is 1. The molecule has 0 heterocycles. The van der Waals surface area contributed by atoms with Crippen LogP contribution in [0.4, 0.5) is 0 Å². The molecule has 0 aromatic rings. The number of allylic oxidation sites excluding steroid dienone is 6. The summed E-state index contributed by atoms with van der Waals surface area (Å²) in [7, 11) is 4.08. The second-order valence-electron chi connectivity index (χ2n) is 11.1. The maximum absolute atomic E-state index is 12.4. The van der Waals surface area contributed by atoms with Gasteiger partial charge in [-0.1, -0.05) is 100.0 Å². The van der Waals surface area contributed by atoms with Crippen molar-refractivity contribution in [2.75, 3.05) is 33.9 Å². The van der Waals surface area contributed by atoms with Crippen LogP contribution in [0, 0.1) is 0 Å². The molecule has 0 aliphatic carbocycles. The number of rotatable bonds is 29. The summed E-state index contributed by atoms with van der Waals surface area (Å²) in [6.07, 6.45) is 38.9. The fraction of sp³-hybridized carbons (Fsp3) is 0.743. The number of hydrogen-bond donors (Lipinski definition) is 2. The van der Waals surface area contributed by atoms with E-state index in [-0.39, 0.29) is 25.3 Å². The lowest BCUT2D eigenvalue weighted by Crippen LogP contribution is -2.20. The van der Waals surface area contributed by atoms with E-state index >= 15 is 0 Å². The molecule has 0 saturated carbocycles. The van der Waals surface area contributed by atoms with Crippen LogP contribution in [0.5, 0.6) is 0 Å². The lowest BCUT2D eigenvalue weighted by Gasteiger charge is -2.18. The highest BCUT2D eigenvalue weighted by atomic mass is 16.5. The van der Waals surface area contributed by atoms with Gasteiger partial charge in [0.2, 0.25) is 0 Å². The molecule has 0 spiro atoms. The Bertz CT molecular complexity index is 612. The van der Waals surface area contributed by atoms with Crippen LogP contribution in [0.1, 0.15) is 128 Å². The van der Waals surface area contributed by atoms with E-state index in [0.717, 1.165) is 64.3 Å². The number of hydrogen-bond acceptors (Lipinski definition) is 5. The SMILES string of the molecule is CN(C)CCCC(=O)OC(CCCCCCCC/C=C\C/C=C\CO)CCCCCCCC/C=C\C/C=C\CO. The van der Waals surface area contributed by atoms with Crippen molar-refractivity contribution in [3.05, 3.63) is 48.6 Å². The number of carbonyl (C=O) groups is 1. The number of unbranched alkanes of at least 4 members (excludes halogenated alkanes) is 12. The van der Waals surface area contributed by atoms with Gasteiger partial charge in [0.05, 0.1) is 13.2 Å². The van der Waals surface area contributed by atoms with Crippen LogP contribution >= 0.6 is 0 Å². The van der Waals surface area contributed by atoms with Crippen molar-refractivity contribution in [3.8, 4) is 0 Å². The molecule has 40 heavy (non-hydrogen) atoms. The van der Waals surface area contributed by atoms with Crippen LogP contribution in [-0.2, 0) is 9.53 Å². The van der Waals surface area contributed by atoms with E-state index in [2.05, 4.69) is 29.2 Å². The van der Waals surface area contributed by atoms with E-state index in [9.17, 15) is 4.79 Å². The largest absolute Gasteiger partial charge is 0.462 e. The van der Waals surface area contributed by atoms with Crippen LogP contribution in [-0.4, -0.2) is 61.0 Å². The molecule has 0 unspecified atom stereocenters. The van der Waals surface area contributed by atoms with Gasteiger partial charge < -0.3 is 19.8 Å². The zero-order valence-electron chi connectivity index (χ0n) is 26.1. The Hall–Kier alpha value is -1.69. The third-order valence-electron chi connectivity index (χ3n) is 7.00. The van der Waals surface area contributed by atoms with Crippen molar-refractivity contribution in [2.45, 2.75) is 135 Å². The summed E-state index contributed by atoms with van der Waals surface area (Å²) in [6, 6.07) is 0. The van der Waals surface area contributed by atoms with Crippen molar-refractivity contribution in [1.82, 2.24) is 4.90 Å². The summed E-state index contributed by atoms with van der Waals surface area (Å²) in [5.41, 5.74) is 0. The quantitative estimate of drug-likeness (QED) is 0.0544. The smallest absolute Gasteiger partial charge is 0.306 e. The van der Waals surface area contributed by atoms with E-state index < -0.39 is 0 Å². The Kier molecular flexibility index (Phi) is 30.5. The van der Waals surface area contributed by atoms with E-state index in [4.69, 9.17) is 14.9 Å². The predicted octanol–water partition coefficient (Wildman–Crippen LogP) is 8.47. The molecular weight excluding hydrogens is 498 g/mol. The van der Waals surface area contributed by atoms with E-state index in [1.807, 2.05) is 26.2 Å². The average molecular weight is 562 g/mol. The Morgan fingerprint density at radius 1 is 0.600 bits per heavy atom. The number of carbonyl (C=O) groups excluding carboxylic acids is 1. The van der Waals surface area contributed by atoms with Gasteiger partial charge in [-0.2, -0.15) is 0 Å². The summed E-state index contributed by atoms with van der Waals surface area (Å²) in [5.74, 6) is -0.0216. The van der Waals surface area contributed by atoms with Gasteiger partial charge in [0, 0.05) is 6.42 Å². The molecule has 5 heteroatoms. The van der Waals surface area contributed by atoms with Crippen molar-refractivity contribution in [1.29, 1.82) is 0 Å². The number of aliphatic hydroxyl groups excluding tert-OH is 2. The molecule has 2 N–H and O–H groups in total. The van der Waals surface area contributed by atoms with E-state index in [0.29, 0.717) is 6.42 Å². The molecule has 232 valence electrons. The average Bonchev–Trinajstić information content (AvgIpc) is 2.93. The minimum absolute atomic E-state index is 0.0216. The maximum Gasteiger partial charge on any atom is 0.306 e. The molecule has 0 aliphatic heterocycles. The molecule has 0 aromatic carbocycles. The van der Waals surface area contributed by atoms with Crippen molar-refractivity contribution < 1.29 is 19.7 Å². The summed E-state index contributed by atoms with van der Waals surface area (Å²) < 4.78 is 5.94. The lowest BCUT2D eigenvalue weighted by atomic mass is 10.0. The molecule has 0 amide bonds. The predicted molar refractivity (Wildman–Crippen MR) is 172 cm³/mol. The monoisotopic (exact) mass is 561 g/mol. The molecule has 0 radical (unpaired) electrons. The topological polar surface area (TPSA) is 70.0 Å². The zero-order valence-corrected chi connectivity index (χ0v) is 26.1. The van der Waals surface area contributed by atoms with Gasteiger partial charge in [-0.3, -0.25) is 4.79 Å².